The summed E-state index contributed by atoms with van der Waals surface area (Å²) in [4.78, 5) is 29.5. The smallest absolute Gasteiger partial charge is 0.409 e. The third-order valence-electron chi connectivity index (χ3n) is 4.38. The number of carbonyl (C=O) groups excluding carboxylic acids is 2. The lowest BCUT2D eigenvalue weighted by atomic mass is 10.1. The first-order valence-electron chi connectivity index (χ1n) is 9.38. The normalized spacial score (nSPS) is 14.8. The minimum absolute atomic E-state index is 0. The lowest BCUT2D eigenvalue weighted by Crippen LogP contribution is -2.48. The quantitative estimate of drug-likeness (QED) is 0.314. The molecule has 2 rings (SSSR count). The van der Waals surface area contributed by atoms with Crippen molar-refractivity contribution in [2.75, 3.05) is 31.6 Å². The maximum absolute atomic E-state index is 12.0. The summed E-state index contributed by atoms with van der Waals surface area (Å²) in [5.41, 5.74) is 7.80. The van der Waals surface area contributed by atoms with Gasteiger partial charge in [-0.05, 0) is 43.9 Å². The van der Waals surface area contributed by atoms with Crippen LogP contribution in [-0.2, 0) is 16.0 Å². The number of anilines is 1. The van der Waals surface area contributed by atoms with Crippen molar-refractivity contribution >= 4 is 47.6 Å². The van der Waals surface area contributed by atoms with Gasteiger partial charge in [0.2, 0.25) is 5.91 Å². The molecule has 156 valence electrons. The van der Waals surface area contributed by atoms with Crippen molar-refractivity contribution in [1.82, 2.24) is 10.2 Å². The van der Waals surface area contributed by atoms with E-state index in [-0.39, 0.29) is 54.5 Å². The number of nitrogens with two attached hydrogens (primary N) is 1. The van der Waals surface area contributed by atoms with Crippen LogP contribution in [0.3, 0.4) is 0 Å². The molecule has 0 unspecified atom stereocenters. The first-order valence-corrected chi connectivity index (χ1v) is 9.38. The first-order chi connectivity index (χ1) is 13.0. The number of nitrogens with one attached hydrogen (secondary N) is 2. The Morgan fingerprint density at radius 1 is 1.29 bits per heavy atom. The third kappa shape index (κ3) is 7.91. The molecule has 0 radical (unpaired) electrons. The monoisotopic (exact) mass is 503 g/mol. The van der Waals surface area contributed by atoms with Crippen LogP contribution in [0.5, 0.6) is 0 Å². The number of amides is 2. The van der Waals surface area contributed by atoms with Gasteiger partial charge in [0, 0.05) is 24.8 Å². The maximum atomic E-state index is 12.0. The van der Waals surface area contributed by atoms with Crippen LogP contribution in [0.15, 0.2) is 29.3 Å². The van der Waals surface area contributed by atoms with Gasteiger partial charge in [0.1, 0.15) is 6.54 Å². The molecule has 1 heterocycles. The van der Waals surface area contributed by atoms with E-state index in [0.29, 0.717) is 19.7 Å². The van der Waals surface area contributed by atoms with Gasteiger partial charge in [0.25, 0.3) is 0 Å². The summed E-state index contributed by atoms with van der Waals surface area (Å²) < 4.78 is 5.00. The third-order valence-corrected chi connectivity index (χ3v) is 4.38. The molecule has 0 saturated carbocycles. The topological polar surface area (TPSA) is 109 Å². The van der Waals surface area contributed by atoms with E-state index in [1.165, 1.54) is 0 Å². The number of aryl methyl sites for hydroxylation is 1. The van der Waals surface area contributed by atoms with Gasteiger partial charge in [-0.25, -0.2) is 9.79 Å². The maximum Gasteiger partial charge on any atom is 0.409 e. The summed E-state index contributed by atoms with van der Waals surface area (Å²) >= 11 is 0. The molecular weight excluding hydrogens is 473 g/mol. The fraction of sp³-hybridized carbons (Fsp3) is 0.526. The second-order valence-electron chi connectivity index (χ2n) is 6.41. The molecule has 0 spiro atoms. The highest BCUT2D eigenvalue weighted by atomic mass is 127. The zero-order valence-corrected chi connectivity index (χ0v) is 18.8. The van der Waals surface area contributed by atoms with Crippen molar-refractivity contribution < 1.29 is 14.3 Å². The zero-order chi connectivity index (χ0) is 19.6. The zero-order valence-electron chi connectivity index (χ0n) is 16.4. The van der Waals surface area contributed by atoms with E-state index in [4.69, 9.17) is 10.5 Å². The number of likely N-dealkylation sites (tertiary alicyclic amines) is 1. The van der Waals surface area contributed by atoms with Gasteiger partial charge in [-0.15, -0.1) is 24.0 Å². The molecule has 1 aliphatic rings. The minimum Gasteiger partial charge on any atom is -0.450 e. The Hall–Kier alpha value is -2.04. The van der Waals surface area contributed by atoms with Crippen LogP contribution in [0.4, 0.5) is 10.5 Å². The summed E-state index contributed by atoms with van der Waals surface area (Å²) in [7, 11) is 0. The standard InChI is InChI=1S/C19H29N5O3.HI/c1-3-14-6-5-7-16(12-14)22-17(25)13-21-18(20)23-15-8-10-24(11-9-15)19(26)27-4-2;/h5-7,12,15H,3-4,8-11,13H2,1-2H3,(H,22,25)(H3,20,21,23);1H. The highest BCUT2D eigenvalue weighted by Crippen LogP contribution is 2.12. The van der Waals surface area contributed by atoms with Gasteiger partial charge in [-0.3, -0.25) is 4.79 Å². The molecule has 2 amide bonds. The minimum atomic E-state index is -0.276. The molecule has 4 N–H and O–H groups in total. The molecule has 1 saturated heterocycles. The average Bonchev–Trinajstić information content (AvgIpc) is 2.67. The van der Waals surface area contributed by atoms with Gasteiger partial charge in [0.15, 0.2) is 5.96 Å². The summed E-state index contributed by atoms with van der Waals surface area (Å²) in [6.07, 6.45) is 2.14. The number of ether oxygens (including phenoxy) is 1. The highest BCUT2D eigenvalue weighted by molar-refractivity contribution is 14.0. The van der Waals surface area contributed by atoms with E-state index >= 15 is 0 Å². The fourth-order valence-corrected chi connectivity index (χ4v) is 2.90. The lowest BCUT2D eigenvalue weighted by molar-refractivity contribution is -0.114. The van der Waals surface area contributed by atoms with Crippen LogP contribution in [0.2, 0.25) is 0 Å². The van der Waals surface area contributed by atoms with E-state index in [1.807, 2.05) is 24.3 Å². The van der Waals surface area contributed by atoms with Crippen LogP contribution >= 0.6 is 24.0 Å². The Balaban J connectivity index is 0.00000392. The molecule has 8 nitrogen and oxygen atoms in total. The molecule has 9 heteroatoms. The summed E-state index contributed by atoms with van der Waals surface area (Å²) in [5, 5.41) is 5.94. The van der Waals surface area contributed by atoms with E-state index in [0.717, 1.165) is 30.5 Å². The van der Waals surface area contributed by atoms with Crippen molar-refractivity contribution in [3.05, 3.63) is 29.8 Å². The SMILES string of the molecule is CCOC(=O)N1CCC(NC(N)=NCC(=O)Nc2cccc(CC)c2)CC1.I. The number of halogens is 1. The van der Waals surface area contributed by atoms with Gasteiger partial charge in [-0.2, -0.15) is 0 Å². The van der Waals surface area contributed by atoms with Crippen LogP contribution in [0.25, 0.3) is 0 Å². The molecule has 1 aromatic carbocycles. The number of hydrogen-bond acceptors (Lipinski definition) is 4. The summed E-state index contributed by atoms with van der Waals surface area (Å²) in [5.74, 6) is 0.0205. The molecule has 0 bridgehead atoms. The molecule has 0 aromatic heterocycles. The van der Waals surface area contributed by atoms with E-state index < -0.39 is 0 Å². The van der Waals surface area contributed by atoms with Gasteiger partial charge >= 0.3 is 6.09 Å². The Labute approximate surface area is 183 Å². The molecule has 1 fully saturated rings. The van der Waals surface area contributed by atoms with Crippen molar-refractivity contribution in [2.24, 2.45) is 10.7 Å². The Kier molecular flexibility index (Phi) is 10.6. The van der Waals surface area contributed by atoms with E-state index in [9.17, 15) is 9.59 Å². The molecule has 1 aliphatic heterocycles. The summed E-state index contributed by atoms with van der Waals surface area (Å²) in [6.45, 7) is 5.41. The molecule has 0 atom stereocenters. The van der Waals surface area contributed by atoms with Crippen molar-refractivity contribution in [1.29, 1.82) is 0 Å². The number of carbonyl (C=O) groups is 2. The largest absolute Gasteiger partial charge is 0.450 e. The number of nitrogens with zero attached hydrogens (tertiary/aromatic N) is 2. The second-order valence-corrected chi connectivity index (χ2v) is 6.41. The average molecular weight is 503 g/mol. The fourth-order valence-electron chi connectivity index (χ4n) is 2.90. The Morgan fingerprint density at radius 3 is 2.64 bits per heavy atom. The van der Waals surface area contributed by atoms with E-state index in [1.54, 1.807) is 11.8 Å². The number of piperidine rings is 1. The molecule has 0 aliphatic carbocycles. The highest BCUT2D eigenvalue weighted by Gasteiger charge is 2.23. The number of hydrogen-bond donors (Lipinski definition) is 3. The predicted octanol–water partition coefficient (Wildman–Crippen LogP) is 2.33. The Bertz CT molecular complexity index is 675. The van der Waals surface area contributed by atoms with Crippen LogP contribution < -0.4 is 16.4 Å². The van der Waals surface area contributed by atoms with Crippen molar-refractivity contribution in [2.45, 2.75) is 39.2 Å². The van der Waals surface area contributed by atoms with Gasteiger partial charge in [-0.1, -0.05) is 19.1 Å². The van der Waals surface area contributed by atoms with Gasteiger partial charge in [0.05, 0.1) is 6.61 Å². The van der Waals surface area contributed by atoms with Crippen LogP contribution in [0.1, 0.15) is 32.3 Å². The van der Waals surface area contributed by atoms with Crippen molar-refractivity contribution in [3.63, 3.8) is 0 Å². The molecular formula is C19H30IN5O3. The number of aliphatic imine (C=N–C) groups is 1. The lowest BCUT2D eigenvalue weighted by Gasteiger charge is -2.31. The van der Waals surface area contributed by atoms with Gasteiger partial charge < -0.3 is 26.0 Å². The number of rotatable bonds is 6. The van der Waals surface area contributed by atoms with Crippen LogP contribution in [0, 0.1) is 0 Å². The second kappa shape index (κ2) is 12.4. The van der Waals surface area contributed by atoms with E-state index in [2.05, 4.69) is 22.5 Å². The van der Waals surface area contributed by atoms with Crippen LogP contribution in [-0.4, -0.2) is 55.1 Å². The number of guanidine groups is 1. The Morgan fingerprint density at radius 2 is 2.00 bits per heavy atom. The number of benzene rings is 1. The predicted molar refractivity (Wildman–Crippen MR) is 121 cm³/mol. The molecule has 28 heavy (non-hydrogen) atoms. The first kappa shape index (κ1) is 24.0. The summed E-state index contributed by atoms with van der Waals surface area (Å²) in [6, 6.07) is 7.85. The molecule has 1 aromatic rings. The van der Waals surface area contributed by atoms with Crippen molar-refractivity contribution in [3.8, 4) is 0 Å².